The molecule has 0 bridgehead atoms. The highest BCUT2D eigenvalue weighted by molar-refractivity contribution is 5.91. The van der Waals surface area contributed by atoms with Gasteiger partial charge in [0, 0.05) is 50.4 Å². The van der Waals surface area contributed by atoms with Gasteiger partial charge in [0.1, 0.15) is 0 Å². The standard InChI is InChI=1S/C21H33N3O2/c1-16(2)14-19(25)22-17-6-8-18(9-7-17)23-10-12-24(13-11-23)20(26)15-21(3,4)5/h6-9,16H,10-15H2,1-5H3,(H,22,25). The molecule has 0 radical (unpaired) electrons. The second-order valence-electron chi connectivity index (χ2n) is 8.80. The molecule has 0 aromatic heterocycles. The van der Waals surface area contributed by atoms with Gasteiger partial charge >= 0.3 is 0 Å². The van der Waals surface area contributed by atoms with Crippen LogP contribution in [0.4, 0.5) is 11.4 Å². The molecule has 0 aliphatic carbocycles. The molecule has 1 aromatic rings. The largest absolute Gasteiger partial charge is 0.368 e. The first-order chi connectivity index (χ1) is 12.1. The Bertz CT molecular complexity index is 609. The van der Waals surface area contributed by atoms with E-state index in [1.165, 1.54) is 0 Å². The van der Waals surface area contributed by atoms with E-state index in [9.17, 15) is 9.59 Å². The van der Waals surface area contributed by atoms with E-state index in [1.54, 1.807) is 0 Å². The molecule has 0 atom stereocenters. The number of carbonyl (C=O) groups excluding carboxylic acids is 2. The van der Waals surface area contributed by atoms with E-state index in [-0.39, 0.29) is 17.2 Å². The smallest absolute Gasteiger partial charge is 0.224 e. The van der Waals surface area contributed by atoms with Crippen molar-refractivity contribution in [2.45, 2.75) is 47.5 Å². The molecule has 1 fully saturated rings. The number of nitrogens with one attached hydrogen (secondary N) is 1. The van der Waals surface area contributed by atoms with Crippen molar-refractivity contribution in [3.63, 3.8) is 0 Å². The first-order valence-electron chi connectivity index (χ1n) is 9.57. The van der Waals surface area contributed by atoms with Crippen LogP contribution in [0.3, 0.4) is 0 Å². The van der Waals surface area contributed by atoms with Crippen LogP contribution in [-0.4, -0.2) is 42.9 Å². The van der Waals surface area contributed by atoms with Crippen molar-refractivity contribution >= 4 is 23.2 Å². The van der Waals surface area contributed by atoms with E-state index in [2.05, 4.69) is 31.0 Å². The lowest BCUT2D eigenvalue weighted by molar-refractivity contribution is -0.133. The van der Waals surface area contributed by atoms with Gasteiger partial charge in [0.2, 0.25) is 11.8 Å². The molecule has 0 saturated carbocycles. The Labute approximate surface area is 157 Å². The van der Waals surface area contributed by atoms with Gasteiger partial charge < -0.3 is 15.1 Å². The summed E-state index contributed by atoms with van der Waals surface area (Å²) in [5.74, 6) is 0.658. The fraction of sp³-hybridized carbons (Fsp3) is 0.619. The number of carbonyl (C=O) groups is 2. The Hall–Kier alpha value is -2.04. The highest BCUT2D eigenvalue weighted by Gasteiger charge is 2.24. The Morgan fingerprint density at radius 1 is 1.04 bits per heavy atom. The summed E-state index contributed by atoms with van der Waals surface area (Å²) in [5.41, 5.74) is 2.00. The van der Waals surface area contributed by atoms with Crippen molar-refractivity contribution in [1.29, 1.82) is 0 Å². The number of piperazine rings is 1. The summed E-state index contributed by atoms with van der Waals surface area (Å²) in [6.45, 7) is 13.6. The van der Waals surface area contributed by atoms with Gasteiger partial charge in [-0.15, -0.1) is 0 Å². The van der Waals surface area contributed by atoms with Crippen LogP contribution in [0.2, 0.25) is 0 Å². The minimum atomic E-state index is 0.0318. The lowest BCUT2D eigenvalue weighted by Crippen LogP contribution is -2.49. The van der Waals surface area contributed by atoms with Crippen LogP contribution >= 0.6 is 0 Å². The zero-order valence-corrected chi connectivity index (χ0v) is 16.8. The SMILES string of the molecule is CC(C)CC(=O)Nc1ccc(N2CCN(C(=O)CC(C)(C)C)CC2)cc1. The van der Waals surface area contributed by atoms with Crippen molar-refractivity contribution in [2.24, 2.45) is 11.3 Å². The Balaban J connectivity index is 1.86. The first-order valence-corrected chi connectivity index (χ1v) is 9.57. The molecule has 144 valence electrons. The Morgan fingerprint density at radius 3 is 2.12 bits per heavy atom. The van der Waals surface area contributed by atoms with Gasteiger partial charge in [-0.1, -0.05) is 34.6 Å². The van der Waals surface area contributed by atoms with Crippen molar-refractivity contribution in [3.05, 3.63) is 24.3 Å². The molecule has 26 heavy (non-hydrogen) atoms. The molecule has 5 nitrogen and oxygen atoms in total. The molecule has 2 rings (SSSR count). The molecule has 0 unspecified atom stereocenters. The summed E-state index contributed by atoms with van der Waals surface area (Å²) < 4.78 is 0. The molecule has 5 heteroatoms. The van der Waals surface area contributed by atoms with E-state index in [0.717, 1.165) is 37.6 Å². The van der Waals surface area contributed by atoms with Gasteiger partial charge in [0.25, 0.3) is 0 Å². The normalized spacial score (nSPS) is 15.3. The van der Waals surface area contributed by atoms with E-state index < -0.39 is 0 Å². The van der Waals surface area contributed by atoms with Crippen molar-refractivity contribution in [3.8, 4) is 0 Å². The van der Waals surface area contributed by atoms with Gasteiger partial charge in [-0.2, -0.15) is 0 Å². The maximum atomic E-state index is 12.3. The molecule has 1 aliphatic rings. The zero-order valence-electron chi connectivity index (χ0n) is 16.8. The number of benzene rings is 1. The second-order valence-corrected chi connectivity index (χ2v) is 8.80. The summed E-state index contributed by atoms with van der Waals surface area (Å²) in [6, 6.07) is 7.98. The van der Waals surface area contributed by atoms with Crippen LogP contribution in [0.5, 0.6) is 0 Å². The third-order valence-corrected chi connectivity index (χ3v) is 4.42. The van der Waals surface area contributed by atoms with Gasteiger partial charge in [0.15, 0.2) is 0 Å². The number of nitrogens with zero attached hydrogens (tertiary/aromatic N) is 2. The predicted molar refractivity (Wildman–Crippen MR) is 107 cm³/mol. The molecular weight excluding hydrogens is 326 g/mol. The van der Waals surface area contributed by atoms with E-state index >= 15 is 0 Å². The number of hydrogen-bond acceptors (Lipinski definition) is 3. The third-order valence-electron chi connectivity index (χ3n) is 4.42. The minimum absolute atomic E-state index is 0.0318. The lowest BCUT2D eigenvalue weighted by atomic mass is 9.91. The quantitative estimate of drug-likeness (QED) is 0.871. The number of anilines is 2. The molecule has 1 aliphatic heterocycles. The molecule has 0 spiro atoms. The summed E-state index contributed by atoms with van der Waals surface area (Å²) in [4.78, 5) is 28.5. The summed E-state index contributed by atoms with van der Waals surface area (Å²) in [5, 5.41) is 2.94. The number of amides is 2. The van der Waals surface area contributed by atoms with Crippen LogP contribution < -0.4 is 10.2 Å². The van der Waals surface area contributed by atoms with Crippen LogP contribution in [0.25, 0.3) is 0 Å². The monoisotopic (exact) mass is 359 g/mol. The predicted octanol–water partition coefficient (Wildman–Crippen LogP) is 3.76. The van der Waals surface area contributed by atoms with Crippen molar-refractivity contribution in [2.75, 3.05) is 36.4 Å². The van der Waals surface area contributed by atoms with Crippen LogP contribution in [-0.2, 0) is 9.59 Å². The van der Waals surface area contributed by atoms with E-state index in [0.29, 0.717) is 18.8 Å². The van der Waals surface area contributed by atoms with E-state index in [4.69, 9.17) is 0 Å². The van der Waals surface area contributed by atoms with Gasteiger partial charge in [-0.3, -0.25) is 9.59 Å². The van der Waals surface area contributed by atoms with Crippen LogP contribution in [0.15, 0.2) is 24.3 Å². The van der Waals surface area contributed by atoms with Crippen molar-refractivity contribution < 1.29 is 9.59 Å². The van der Waals surface area contributed by atoms with Gasteiger partial charge in [-0.25, -0.2) is 0 Å². The number of hydrogen-bond donors (Lipinski definition) is 1. The number of rotatable bonds is 5. The fourth-order valence-corrected chi connectivity index (χ4v) is 3.12. The highest BCUT2D eigenvalue weighted by atomic mass is 16.2. The second kappa shape index (κ2) is 8.56. The van der Waals surface area contributed by atoms with E-state index in [1.807, 2.05) is 43.0 Å². The minimum Gasteiger partial charge on any atom is -0.368 e. The van der Waals surface area contributed by atoms with Crippen LogP contribution in [0, 0.1) is 11.3 Å². The fourth-order valence-electron chi connectivity index (χ4n) is 3.12. The third kappa shape index (κ3) is 6.36. The van der Waals surface area contributed by atoms with Crippen molar-refractivity contribution in [1.82, 2.24) is 4.90 Å². The summed E-state index contributed by atoms with van der Waals surface area (Å²) in [6.07, 6.45) is 1.13. The molecule has 1 saturated heterocycles. The van der Waals surface area contributed by atoms with Gasteiger partial charge in [-0.05, 0) is 35.6 Å². The molecule has 2 amide bonds. The molecule has 1 aromatic carbocycles. The topological polar surface area (TPSA) is 52.7 Å². The average molecular weight is 360 g/mol. The zero-order chi connectivity index (χ0) is 19.3. The van der Waals surface area contributed by atoms with Gasteiger partial charge in [0.05, 0.1) is 0 Å². The molecular formula is C21H33N3O2. The Kier molecular flexibility index (Phi) is 6.68. The lowest BCUT2D eigenvalue weighted by Gasteiger charge is -2.37. The molecule has 1 N–H and O–H groups in total. The first kappa shape index (κ1) is 20.3. The highest BCUT2D eigenvalue weighted by Crippen LogP contribution is 2.23. The molecule has 1 heterocycles. The maximum absolute atomic E-state index is 12.3. The Morgan fingerprint density at radius 2 is 1.62 bits per heavy atom. The summed E-state index contributed by atoms with van der Waals surface area (Å²) >= 11 is 0. The van der Waals surface area contributed by atoms with Crippen LogP contribution in [0.1, 0.15) is 47.5 Å². The maximum Gasteiger partial charge on any atom is 0.224 e. The summed E-state index contributed by atoms with van der Waals surface area (Å²) in [7, 11) is 0. The average Bonchev–Trinajstić information content (AvgIpc) is 2.53.